The molecule has 1 aromatic rings. The SMILES string of the molecule is O=[N+]([O-])c1cc(Cl)c(F)cc1NCC1COCCN1. The molecular formula is C11H13ClFN3O3. The number of nitrogens with one attached hydrogen (secondary N) is 2. The largest absolute Gasteiger partial charge is 0.378 e. The molecule has 1 saturated heterocycles. The zero-order valence-corrected chi connectivity index (χ0v) is 10.7. The van der Waals surface area contributed by atoms with Gasteiger partial charge in [0.25, 0.3) is 5.69 Å². The van der Waals surface area contributed by atoms with Gasteiger partial charge in [0.05, 0.1) is 23.2 Å². The van der Waals surface area contributed by atoms with Gasteiger partial charge in [-0.15, -0.1) is 0 Å². The number of hydrogen-bond donors (Lipinski definition) is 2. The molecule has 0 radical (unpaired) electrons. The first-order valence-corrected chi connectivity index (χ1v) is 6.14. The molecule has 0 aliphatic carbocycles. The summed E-state index contributed by atoms with van der Waals surface area (Å²) in [6.45, 7) is 2.29. The van der Waals surface area contributed by atoms with Gasteiger partial charge in [0.2, 0.25) is 0 Å². The van der Waals surface area contributed by atoms with Gasteiger partial charge in [-0.05, 0) is 0 Å². The minimum atomic E-state index is -0.692. The molecule has 0 spiro atoms. The lowest BCUT2D eigenvalue weighted by Gasteiger charge is -2.24. The van der Waals surface area contributed by atoms with E-state index in [2.05, 4.69) is 10.6 Å². The summed E-state index contributed by atoms with van der Waals surface area (Å²) in [6, 6.07) is 2.07. The van der Waals surface area contributed by atoms with Crippen LogP contribution in [0.4, 0.5) is 15.8 Å². The Hall–Kier alpha value is -1.44. The van der Waals surface area contributed by atoms with Crippen LogP contribution >= 0.6 is 11.6 Å². The number of ether oxygens (including phenoxy) is 1. The van der Waals surface area contributed by atoms with E-state index in [9.17, 15) is 14.5 Å². The molecule has 0 bridgehead atoms. The monoisotopic (exact) mass is 289 g/mol. The molecule has 0 amide bonds. The van der Waals surface area contributed by atoms with Crippen LogP contribution in [0.1, 0.15) is 0 Å². The number of anilines is 1. The van der Waals surface area contributed by atoms with Crippen LogP contribution in [-0.2, 0) is 4.74 Å². The van der Waals surface area contributed by atoms with Gasteiger partial charge in [0.1, 0.15) is 11.5 Å². The molecular weight excluding hydrogens is 277 g/mol. The summed E-state index contributed by atoms with van der Waals surface area (Å²) in [6.07, 6.45) is 0. The molecule has 2 rings (SSSR count). The van der Waals surface area contributed by atoms with Crippen LogP contribution in [-0.4, -0.2) is 37.3 Å². The fourth-order valence-corrected chi connectivity index (χ4v) is 1.97. The van der Waals surface area contributed by atoms with Crippen molar-refractivity contribution in [3.05, 3.63) is 33.1 Å². The van der Waals surface area contributed by atoms with Crippen LogP contribution < -0.4 is 10.6 Å². The number of benzene rings is 1. The van der Waals surface area contributed by atoms with E-state index >= 15 is 0 Å². The second-order valence-corrected chi connectivity index (χ2v) is 4.55. The van der Waals surface area contributed by atoms with Gasteiger partial charge in [0.15, 0.2) is 0 Å². The third-order valence-electron chi connectivity index (χ3n) is 2.77. The van der Waals surface area contributed by atoms with Crippen molar-refractivity contribution in [1.82, 2.24) is 5.32 Å². The van der Waals surface area contributed by atoms with Crippen molar-refractivity contribution < 1.29 is 14.1 Å². The maximum Gasteiger partial charge on any atom is 0.294 e. The van der Waals surface area contributed by atoms with Crippen molar-refractivity contribution >= 4 is 23.0 Å². The van der Waals surface area contributed by atoms with E-state index in [0.29, 0.717) is 19.8 Å². The third kappa shape index (κ3) is 3.52. The van der Waals surface area contributed by atoms with E-state index in [1.807, 2.05) is 0 Å². The van der Waals surface area contributed by atoms with Crippen LogP contribution in [0.3, 0.4) is 0 Å². The normalized spacial score (nSPS) is 19.2. The molecule has 0 aromatic heterocycles. The van der Waals surface area contributed by atoms with Gasteiger partial charge in [-0.2, -0.15) is 0 Å². The highest BCUT2D eigenvalue weighted by atomic mass is 35.5. The average molecular weight is 290 g/mol. The first-order valence-electron chi connectivity index (χ1n) is 5.76. The summed E-state index contributed by atoms with van der Waals surface area (Å²) in [5.41, 5.74) is -0.137. The van der Waals surface area contributed by atoms with Crippen LogP contribution in [0.2, 0.25) is 5.02 Å². The van der Waals surface area contributed by atoms with E-state index in [4.69, 9.17) is 16.3 Å². The standard InChI is InChI=1S/C11H13ClFN3O3/c12-8-3-11(16(17)18)10(4-9(8)13)15-5-7-6-19-2-1-14-7/h3-4,7,14-15H,1-2,5-6H2. The molecule has 6 nitrogen and oxygen atoms in total. The summed E-state index contributed by atoms with van der Waals surface area (Å²) < 4.78 is 18.6. The first-order chi connectivity index (χ1) is 9.08. The summed E-state index contributed by atoms with van der Waals surface area (Å²) in [7, 11) is 0. The minimum Gasteiger partial charge on any atom is -0.378 e. The molecule has 8 heteroatoms. The molecule has 1 unspecified atom stereocenters. The highest BCUT2D eigenvalue weighted by Gasteiger charge is 2.19. The number of nitrogens with zero attached hydrogens (tertiary/aromatic N) is 1. The number of nitro groups is 1. The van der Waals surface area contributed by atoms with E-state index in [0.717, 1.165) is 18.7 Å². The van der Waals surface area contributed by atoms with Crippen molar-refractivity contribution in [2.75, 3.05) is 31.6 Å². The fourth-order valence-electron chi connectivity index (χ4n) is 1.81. The molecule has 1 fully saturated rings. The smallest absolute Gasteiger partial charge is 0.294 e. The minimum absolute atomic E-state index is 0.0343. The summed E-state index contributed by atoms with van der Waals surface area (Å²) in [5.74, 6) is -0.692. The lowest BCUT2D eigenvalue weighted by Crippen LogP contribution is -2.45. The van der Waals surface area contributed by atoms with E-state index in [1.165, 1.54) is 0 Å². The Labute approximate surface area is 114 Å². The summed E-state index contributed by atoms with van der Waals surface area (Å²) >= 11 is 5.54. The average Bonchev–Trinajstić information content (AvgIpc) is 2.40. The Morgan fingerprint density at radius 3 is 3.05 bits per heavy atom. The van der Waals surface area contributed by atoms with Crippen LogP contribution in [0.5, 0.6) is 0 Å². The van der Waals surface area contributed by atoms with Gasteiger partial charge >= 0.3 is 0 Å². The van der Waals surface area contributed by atoms with Gasteiger partial charge in [-0.3, -0.25) is 10.1 Å². The van der Waals surface area contributed by atoms with E-state index in [-0.39, 0.29) is 22.4 Å². The topological polar surface area (TPSA) is 76.4 Å². The molecule has 1 heterocycles. The second-order valence-electron chi connectivity index (χ2n) is 4.15. The number of morpholine rings is 1. The van der Waals surface area contributed by atoms with Gasteiger partial charge in [-0.1, -0.05) is 11.6 Å². The molecule has 19 heavy (non-hydrogen) atoms. The van der Waals surface area contributed by atoms with Crippen LogP contribution in [0, 0.1) is 15.9 Å². The number of hydrogen-bond acceptors (Lipinski definition) is 5. The van der Waals surface area contributed by atoms with Crippen molar-refractivity contribution in [3.8, 4) is 0 Å². The van der Waals surface area contributed by atoms with Gasteiger partial charge in [0, 0.05) is 31.3 Å². The molecule has 1 aliphatic heterocycles. The van der Waals surface area contributed by atoms with Gasteiger partial charge in [-0.25, -0.2) is 4.39 Å². The van der Waals surface area contributed by atoms with Crippen molar-refractivity contribution in [1.29, 1.82) is 0 Å². The maximum atomic E-state index is 13.4. The quantitative estimate of drug-likeness (QED) is 0.653. The first kappa shape index (κ1) is 14.0. The highest BCUT2D eigenvalue weighted by molar-refractivity contribution is 6.31. The Balaban J connectivity index is 2.09. The number of rotatable bonds is 4. The zero-order chi connectivity index (χ0) is 13.8. The van der Waals surface area contributed by atoms with Crippen molar-refractivity contribution in [3.63, 3.8) is 0 Å². The van der Waals surface area contributed by atoms with Crippen LogP contribution in [0.15, 0.2) is 12.1 Å². The zero-order valence-electron chi connectivity index (χ0n) is 9.99. The predicted octanol–water partition coefficient (Wildman–Crippen LogP) is 1.79. The summed E-state index contributed by atoms with van der Waals surface area (Å²) in [4.78, 5) is 10.3. The maximum absolute atomic E-state index is 13.4. The Morgan fingerprint density at radius 1 is 1.63 bits per heavy atom. The Morgan fingerprint density at radius 2 is 2.42 bits per heavy atom. The predicted molar refractivity (Wildman–Crippen MR) is 69.2 cm³/mol. The third-order valence-corrected chi connectivity index (χ3v) is 3.06. The fraction of sp³-hybridized carbons (Fsp3) is 0.455. The molecule has 1 aliphatic rings. The highest BCUT2D eigenvalue weighted by Crippen LogP contribution is 2.30. The Bertz CT molecular complexity index is 480. The number of halogens is 2. The van der Waals surface area contributed by atoms with Crippen molar-refractivity contribution in [2.24, 2.45) is 0 Å². The molecule has 1 atom stereocenters. The van der Waals surface area contributed by atoms with Crippen LogP contribution in [0.25, 0.3) is 0 Å². The lowest BCUT2D eigenvalue weighted by molar-refractivity contribution is -0.384. The van der Waals surface area contributed by atoms with Gasteiger partial charge < -0.3 is 15.4 Å². The Kier molecular flexibility index (Phi) is 4.52. The molecule has 2 N–H and O–H groups in total. The molecule has 1 aromatic carbocycles. The van der Waals surface area contributed by atoms with E-state index in [1.54, 1.807) is 0 Å². The lowest BCUT2D eigenvalue weighted by atomic mass is 10.2. The molecule has 104 valence electrons. The molecule has 0 saturated carbocycles. The number of nitro benzene ring substituents is 1. The van der Waals surface area contributed by atoms with E-state index < -0.39 is 10.7 Å². The van der Waals surface area contributed by atoms with Crippen molar-refractivity contribution in [2.45, 2.75) is 6.04 Å². The summed E-state index contributed by atoms with van der Waals surface area (Å²) in [5, 5.41) is 16.6. The second kappa shape index (κ2) is 6.14.